The van der Waals surface area contributed by atoms with E-state index in [-0.39, 0.29) is 11.9 Å². The summed E-state index contributed by atoms with van der Waals surface area (Å²) in [6.07, 6.45) is 2.84. The second-order valence-electron chi connectivity index (χ2n) is 4.34. The van der Waals surface area contributed by atoms with Crippen LogP contribution >= 0.6 is 0 Å². The normalized spacial score (nSPS) is 23.2. The number of nitrogens with two attached hydrogens (primary N) is 1. The molecule has 0 aliphatic carbocycles. The van der Waals surface area contributed by atoms with E-state index in [9.17, 15) is 4.79 Å². The number of amides is 1. The fourth-order valence-corrected chi connectivity index (χ4v) is 1.71. The second kappa shape index (κ2) is 4.61. The van der Waals surface area contributed by atoms with Crippen molar-refractivity contribution in [2.75, 3.05) is 13.1 Å². The summed E-state index contributed by atoms with van der Waals surface area (Å²) in [7, 11) is 0. The van der Waals surface area contributed by atoms with E-state index in [1.54, 1.807) is 0 Å². The van der Waals surface area contributed by atoms with Gasteiger partial charge in [0, 0.05) is 25.6 Å². The summed E-state index contributed by atoms with van der Waals surface area (Å²) in [5.74, 6) is 0.961. The third kappa shape index (κ3) is 3.35. The van der Waals surface area contributed by atoms with Crippen molar-refractivity contribution in [3.63, 3.8) is 0 Å². The Bertz CT molecular complexity index is 180. The monoisotopic (exact) mass is 184 g/mol. The summed E-state index contributed by atoms with van der Waals surface area (Å²) in [6.45, 7) is 6.07. The number of carbonyl (C=O) groups is 1. The van der Waals surface area contributed by atoms with Gasteiger partial charge in [-0.15, -0.1) is 0 Å². The number of rotatable bonds is 4. The Balaban J connectivity index is 2.18. The van der Waals surface area contributed by atoms with Crippen LogP contribution in [0.3, 0.4) is 0 Å². The minimum absolute atomic E-state index is 0.0755. The topological polar surface area (TPSA) is 46.3 Å². The predicted octanol–water partition coefficient (Wildman–Crippen LogP) is 0.982. The van der Waals surface area contributed by atoms with Gasteiger partial charge < -0.3 is 10.6 Å². The van der Waals surface area contributed by atoms with Crippen LogP contribution in [0.4, 0.5) is 0 Å². The number of hydrogen-bond donors (Lipinski definition) is 1. The summed E-state index contributed by atoms with van der Waals surface area (Å²) >= 11 is 0. The maximum atomic E-state index is 11.3. The van der Waals surface area contributed by atoms with Gasteiger partial charge in [-0.05, 0) is 18.8 Å². The summed E-state index contributed by atoms with van der Waals surface area (Å²) in [4.78, 5) is 13.2. The van der Waals surface area contributed by atoms with Crippen LogP contribution in [0, 0.1) is 5.92 Å². The average Bonchev–Trinajstić information content (AvgIpc) is 2.29. The first kappa shape index (κ1) is 10.5. The molecule has 1 aliphatic rings. The van der Waals surface area contributed by atoms with E-state index in [0.29, 0.717) is 6.42 Å². The highest BCUT2D eigenvalue weighted by Crippen LogP contribution is 2.11. The Hall–Kier alpha value is -0.570. The molecule has 0 radical (unpaired) electrons. The molecule has 3 heteroatoms. The van der Waals surface area contributed by atoms with Crippen LogP contribution in [0.1, 0.15) is 33.1 Å². The lowest BCUT2D eigenvalue weighted by Crippen LogP contribution is -2.29. The highest BCUT2D eigenvalue weighted by Gasteiger charge is 2.25. The lowest BCUT2D eigenvalue weighted by Gasteiger charge is -2.16. The van der Waals surface area contributed by atoms with Crippen molar-refractivity contribution in [3.05, 3.63) is 0 Å². The molecule has 1 unspecified atom stereocenters. The van der Waals surface area contributed by atoms with Gasteiger partial charge in [-0.2, -0.15) is 0 Å². The zero-order chi connectivity index (χ0) is 9.84. The fraction of sp³-hybridized carbons (Fsp3) is 0.900. The smallest absolute Gasteiger partial charge is 0.224 e. The highest BCUT2D eigenvalue weighted by atomic mass is 16.2. The molecule has 0 aromatic carbocycles. The maximum Gasteiger partial charge on any atom is 0.224 e. The van der Waals surface area contributed by atoms with E-state index in [1.807, 2.05) is 4.90 Å². The van der Waals surface area contributed by atoms with Gasteiger partial charge in [0.1, 0.15) is 0 Å². The molecule has 0 aromatic rings. The van der Waals surface area contributed by atoms with Crippen LogP contribution < -0.4 is 5.73 Å². The van der Waals surface area contributed by atoms with Crippen LogP contribution in [0.5, 0.6) is 0 Å². The molecule has 1 atom stereocenters. The summed E-state index contributed by atoms with van der Waals surface area (Å²) in [5.41, 5.74) is 5.68. The third-order valence-corrected chi connectivity index (χ3v) is 2.45. The molecule has 1 heterocycles. The Morgan fingerprint density at radius 1 is 1.62 bits per heavy atom. The first-order valence-corrected chi connectivity index (χ1v) is 5.13. The molecule has 1 fully saturated rings. The fourth-order valence-electron chi connectivity index (χ4n) is 1.71. The minimum atomic E-state index is 0.0755. The zero-order valence-electron chi connectivity index (χ0n) is 8.62. The Kier molecular flexibility index (Phi) is 3.72. The number of carbonyl (C=O) groups excluding carboxylic acids is 1. The summed E-state index contributed by atoms with van der Waals surface area (Å²) in [5, 5.41) is 0. The third-order valence-electron chi connectivity index (χ3n) is 2.45. The van der Waals surface area contributed by atoms with Crippen molar-refractivity contribution in [2.45, 2.75) is 39.2 Å². The molecule has 0 saturated carbocycles. The van der Waals surface area contributed by atoms with Crippen molar-refractivity contribution in [2.24, 2.45) is 11.7 Å². The molecule has 0 spiro atoms. The Morgan fingerprint density at radius 3 is 2.77 bits per heavy atom. The molecule has 1 rings (SSSR count). The molecule has 1 saturated heterocycles. The average molecular weight is 184 g/mol. The van der Waals surface area contributed by atoms with E-state index in [1.165, 1.54) is 6.42 Å². The lowest BCUT2D eigenvalue weighted by atomic mass is 10.1. The van der Waals surface area contributed by atoms with Crippen LogP contribution in [0.25, 0.3) is 0 Å². The molecule has 76 valence electrons. The van der Waals surface area contributed by atoms with Gasteiger partial charge in [0.25, 0.3) is 0 Å². The molecule has 2 N–H and O–H groups in total. The van der Waals surface area contributed by atoms with Crippen molar-refractivity contribution in [1.82, 2.24) is 4.90 Å². The van der Waals surface area contributed by atoms with Gasteiger partial charge in [-0.25, -0.2) is 0 Å². The zero-order valence-corrected chi connectivity index (χ0v) is 8.62. The molecule has 13 heavy (non-hydrogen) atoms. The van der Waals surface area contributed by atoms with E-state index in [0.717, 1.165) is 25.4 Å². The largest absolute Gasteiger partial charge is 0.341 e. The van der Waals surface area contributed by atoms with Crippen LogP contribution in [0.2, 0.25) is 0 Å². The molecular formula is C10H20N2O. The van der Waals surface area contributed by atoms with E-state index < -0.39 is 0 Å². The van der Waals surface area contributed by atoms with Crippen LogP contribution in [-0.2, 0) is 4.79 Å². The van der Waals surface area contributed by atoms with Crippen LogP contribution in [-0.4, -0.2) is 29.9 Å². The number of nitrogens with zero attached hydrogens (tertiary/aromatic N) is 1. The maximum absolute atomic E-state index is 11.3. The summed E-state index contributed by atoms with van der Waals surface area (Å²) < 4.78 is 0. The SMILES string of the molecule is CC(C)CCCN1CC(N)CC1=O. The van der Waals surface area contributed by atoms with Gasteiger partial charge in [0.15, 0.2) is 0 Å². The van der Waals surface area contributed by atoms with Crippen LogP contribution in [0.15, 0.2) is 0 Å². The molecule has 0 bridgehead atoms. The first-order chi connectivity index (χ1) is 6.09. The summed E-state index contributed by atoms with van der Waals surface area (Å²) in [6, 6.07) is 0.0755. The van der Waals surface area contributed by atoms with Gasteiger partial charge >= 0.3 is 0 Å². The molecule has 3 nitrogen and oxygen atoms in total. The Labute approximate surface area is 80.3 Å². The quantitative estimate of drug-likeness (QED) is 0.708. The van der Waals surface area contributed by atoms with Gasteiger partial charge in [-0.1, -0.05) is 13.8 Å². The number of likely N-dealkylation sites (tertiary alicyclic amines) is 1. The van der Waals surface area contributed by atoms with E-state index in [4.69, 9.17) is 5.73 Å². The van der Waals surface area contributed by atoms with E-state index in [2.05, 4.69) is 13.8 Å². The first-order valence-electron chi connectivity index (χ1n) is 5.13. The van der Waals surface area contributed by atoms with Crippen molar-refractivity contribution < 1.29 is 4.79 Å². The molecule has 1 aliphatic heterocycles. The molecule has 1 amide bonds. The molecular weight excluding hydrogens is 164 g/mol. The molecule has 0 aromatic heterocycles. The minimum Gasteiger partial charge on any atom is -0.341 e. The van der Waals surface area contributed by atoms with E-state index >= 15 is 0 Å². The Morgan fingerprint density at radius 2 is 2.31 bits per heavy atom. The second-order valence-corrected chi connectivity index (χ2v) is 4.34. The number of hydrogen-bond acceptors (Lipinski definition) is 2. The van der Waals surface area contributed by atoms with Gasteiger partial charge in [0.2, 0.25) is 5.91 Å². The lowest BCUT2D eigenvalue weighted by molar-refractivity contribution is -0.127. The van der Waals surface area contributed by atoms with Crippen molar-refractivity contribution in [3.8, 4) is 0 Å². The van der Waals surface area contributed by atoms with Crippen molar-refractivity contribution >= 4 is 5.91 Å². The van der Waals surface area contributed by atoms with Gasteiger partial charge in [0.05, 0.1) is 0 Å². The standard InChI is InChI=1S/C10H20N2O/c1-8(2)4-3-5-12-7-9(11)6-10(12)13/h8-9H,3-7,11H2,1-2H3. The van der Waals surface area contributed by atoms with Crippen molar-refractivity contribution in [1.29, 1.82) is 0 Å². The highest BCUT2D eigenvalue weighted by molar-refractivity contribution is 5.79. The van der Waals surface area contributed by atoms with Gasteiger partial charge in [-0.3, -0.25) is 4.79 Å². The predicted molar refractivity (Wildman–Crippen MR) is 53.2 cm³/mol.